The van der Waals surface area contributed by atoms with Gasteiger partial charge in [-0.05, 0) is 12.8 Å². The van der Waals surface area contributed by atoms with E-state index in [4.69, 9.17) is 9.47 Å². The van der Waals surface area contributed by atoms with Crippen LogP contribution in [0.4, 0.5) is 0 Å². The SMILES string of the molecule is CCCCCCCCCCCCCCCCCCC1(CCCCCCCCCCCCCCCCCC)OCC(CO)CO1. The Hall–Kier alpha value is -0.120. The molecular formula is C41H82O3. The number of hydrogen-bond acceptors (Lipinski definition) is 3. The van der Waals surface area contributed by atoms with Gasteiger partial charge >= 0.3 is 0 Å². The third kappa shape index (κ3) is 26.0. The normalized spacial score (nSPS) is 15.3. The molecule has 0 unspecified atom stereocenters. The van der Waals surface area contributed by atoms with Crippen molar-refractivity contribution in [1.29, 1.82) is 0 Å². The second-order valence-electron chi connectivity index (χ2n) is 14.7. The zero-order valence-electron chi connectivity index (χ0n) is 30.5. The molecule has 3 nitrogen and oxygen atoms in total. The number of ether oxygens (including phenoxy) is 2. The van der Waals surface area contributed by atoms with Crippen LogP contribution in [0, 0.1) is 5.92 Å². The van der Waals surface area contributed by atoms with Crippen LogP contribution in [0.2, 0.25) is 0 Å². The number of hydrogen-bond donors (Lipinski definition) is 1. The van der Waals surface area contributed by atoms with Gasteiger partial charge in [-0.15, -0.1) is 0 Å². The highest BCUT2D eigenvalue weighted by Gasteiger charge is 2.36. The van der Waals surface area contributed by atoms with Crippen molar-refractivity contribution in [2.45, 2.75) is 238 Å². The van der Waals surface area contributed by atoms with Gasteiger partial charge in [0.05, 0.1) is 19.8 Å². The summed E-state index contributed by atoms with van der Waals surface area (Å²) >= 11 is 0. The fourth-order valence-corrected chi connectivity index (χ4v) is 7.03. The molecule has 0 aliphatic carbocycles. The smallest absolute Gasteiger partial charge is 0.168 e. The summed E-state index contributed by atoms with van der Waals surface area (Å²) < 4.78 is 12.7. The summed E-state index contributed by atoms with van der Waals surface area (Å²) in [6.07, 6.45) is 47.0. The van der Waals surface area contributed by atoms with Crippen molar-refractivity contribution < 1.29 is 14.6 Å². The van der Waals surface area contributed by atoms with Crippen molar-refractivity contribution in [3.63, 3.8) is 0 Å². The predicted molar refractivity (Wildman–Crippen MR) is 194 cm³/mol. The molecule has 0 amide bonds. The molecule has 0 bridgehead atoms. The van der Waals surface area contributed by atoms with Gasteiger partial charge in [0, 0.05) is 18.8 Å². The monoisotopic (exact) mass is 623 g/mol. The lowest BCUT2D eigenvalue weighted by molar-refractivity contribution is -0.292. The van der Waals surface area contributed by atoms with Gasteiger partial charge in [0.2, 0.25) is 0 Å². The fourth-order valence-electron chi connectivity index (χ4n) is 7.03. The minimum Gasteiger partial charge on any atom is -0.396 e. The number of aliphatic hydroxyl groups is 1. The molecule has 1 fully saturated rings. The van der Waals surface area contributed by atoms with E-state index in [0.717, 1.165) is 12.8 Å². The Balaban J connectivity index is 1.99. The quantitative estimate of drug-likeness (QED) is 0.0715. The van der Waals surface area contributed by atoms with Crippen molar-refractivity contribution in [2.75, 3.05) is 19.8 Å². The number of rotatable bonds is 35. The van der Waals surface area contributed by atoms with Gasteiger partial charge in [-0.25, -0.2) is 0 Å². The molecule has 0 saturated carbocycles. The molecule has 0 atom stereocenters. The highest BCUT2D eigenvalue weighted by Crippen LogP contribution is 2.33. The number of unbranched alkanes of at least 4 members (excludes halogenated alkanes) is 30. The molecule has 1 rings (SSSR count). The maximum absolute atomic E-state index is 9.55. The van der Waals surface area contributed by atoms with E-state index in [9.17, 15) is 5.11 Å². The summed E-state index contributed by atoms with van der Waals surface area (Å²) in [5, 5.41) is 9.55. The summed E-state index contributed by atoms with van der Waals surface area (Å²) in [6, 6.07) is 0. The average Bonchev–Trinajstić information content (AvgIpc) is 3.04. The lowest BCUT2D eigenvalue weighted by Gasteiger charge is -2.40. The Labute approximate surface area is 277 Å². The van der Waals surface area contributed by atoms with Crippen LogP contribution in [0.25, 0.3) is 0 Å². The van der Waals surface area contributed by atoms with Gasteiger partial charge in [0.1, 0.15) is 0 Å². The van der Waals surface area contributed by atoms with Crippen LogP contribution in [0.15, 0.2) is 0 Å². The van der Waals surface area contributed by atoms with Gasteiger partial charge in [-0.3, -0.25) is 0 Å². The summed E-state index contributed by atoms with van der Waals surface area (Å²) in [7, 11) is 0. The zero-order valence-corrected chi connectivity index (χ0v) is 30.5. The first kappa shape index (κ1) is 41.9. The topological polar surface area (TPSA) is 38.7 Å². The van der Waals surface area contributed by atoms with E-state index in [1.807, 2.05) is 0 Å². The van der Waals surface area contributed by atoms with Crippen LogP contribution >= 0.6 is 0 Å². The lowest BCUT2D eigenvalue weighted by Crippen LogP contribution is -2.45. The van der Waals surface area contributed by atoms with Gasteiger partial charge < -0.3 is 14.6 Å². The molecule has 0 aromatic carbocycles. The van der Waals surface area contributed by atoms with Crippen LogP contribution in [-0.4, -0.2) is 30.7 Å². The molecule has 1 aliphatic rings. The second-order valence-corrected chi connectivity index (χ2v) is 14.7. The van der Waals surface area contributed by atoms with Crippen molar-refractivity contribution in [3.8, 4) is 0 Å². The van der Waals surface area contributed by atoms with Gasteiger partial charge in [0.15, 0.2) is 5.79 Å². The highest BCUT2D eigenvalue weighted by molar-refractivity contribution is 4.76. The van der Waals surface area contributed by atoms with Crippen LogP contribution in [-0.2, 0) is 9.47 Å². The van der Waals surface area contributed by atoms with Crippen LogP contribution in [0.3, 0.4) is 0 Å². The van der Waals surface area contributed by atoms with E-state index in [-0.39, 0.29) is 18.3 Å². The Morgan fingerprint density at radius 1 is 0.386 bits per heavy atom. The summed E-state index contributed by atoms with van der Waals surface area (Å²) in [5.41, 5.74) is 0. The molecule has 0 aromatic rings. The van der Waals surface area contributed by atoms with Gasteiger partial charge in [0.25, 0.3) is 0 Å². The Morgan fingerprint density at radius 2 is 0.614 bits per heavy atom. The summed E-state index contributed by atoms with van der Waals surface area (Å²) in [6.45, 7) is 6.10. The largest absolute Gasteiger partial charge is 0.396 e. The van der Waals surface area contributed by atoms with Crippen LogP contribution in [0.1, 0.15) is 232 Å². The van der Waals surface area contributed by atoms with Crippen molar-refractivity contribution >= 4 is 0 Å². The highest BCUT2D eigenvalue weighted by atomic mass is 16.7. The van der Waals surface area contributed by atoms with Crippen LogP contribution < -0.4 is 0 Å². The van der Waals surface area contributed by atoms with Gasteiger partial charge in [-0.2, -0.15) is 0 Å². The molecule has 3 heteroatoms. The first-order chi connectivity index (χ1) is 21.8. The predicted octanol–water partition coefficient (Wildman–Crippen LogP) is 13.6. The first-order valence-electron chi connectivity index (χ1n) is 20.6. The molecule has 1 aliphatic heterocycles. The standard InChI is InChI=1S/C41H82O3/c1-3-5-7-9-11-13-15-17-19-21-23-25-27-29-31-33-35-41(43-38-40(37-42)39-44-41)36-34-32-30-28-26-24-22-20-18-16-14-12-10-8-6-4-2/h40,42H,3-39H2,1-2H3. The maximum atomic E-state index is 9.55. The molecule has 264 valence electrons. The molecule has 0 aromatic heterocycles. The average molecular weight is 623 g/mol. The molecule has 0 spiro atoms. The van der Waals surface area contributed by atoms with Crippen molar-refractivity contribution in [1.82, 2.24) is 0 Å². The minimum absolute atomic E-state index is 0.153. The minimum atomic E-state index is -0.377. The third-order valence-electron chi connectivity index (χ3n) is 10.2. The molecule has 1 heterocycles. The Bertz CT molecular complexity index is 504. The van der Waals surface area contributed by atoms with Gasteiger partial charge in [-0.1, -0.05) is 206 Å². The van der Waals surface area contributed by atoms with E-state index in [2.05, 4.69) is 13.8 Å². The number of aliphatic hydroxyl groups excluding tert-OH is 1. The van der Waals surface area contributed by atoms with Crippen molar-refractivity contribution in [3.05, 3.63) is 0 Å². The van der Waals surface area contributed by atoms with E-state index >= 15 is 0 Å². The Kier molecular flexibility index (Phi) is 31.2. The zero-order chi connectivity index (χ0) is 31.7. The molecular weight excluding hydrogens is 540 g/mol. The molecule has 1 saturated heterocycles. The summed E-state index contributed by atoms with van der Waals surface area (Å²) in [4.78, 5) is 0. The second kappa shape index (κ2) is 32.8. The van der Waals surface area contributed by atoms with Crippen molar-refractivity contribution in [2.24, 2.45) is 5.92 Å². The first-order valence-corrected chi connectivity index (χ1v) is 20.6. The summed E-state index contributed by atoms with van der Waals surface area (Å²) in [5.74, 6) is -0.225. The van der Waals surface area contributed by atoms with Crippen LogP contribution in [0.5, 0.6) is 0 Å². The fraction of sp³-hybridized carbons (Fsp3) is 1.00. The maximum Gasteiger partial charge on any atom is 0.168 e. The molecule has 1 N–H and O–H groups in total. The molecule has 44 heavy (non-hydrogen) atoms. The van der Waals surface area contributed by atoms with E-state index in [0.29, 0.717) is 13.2 Å². The third-order valence-corrected chi connectivity index (χ3v) is 10.2. The lowest BCUT2D eigenvalue weighted by atomic mass is 9.97. The van der Waals surface area contributed by atoms with E-state index < -0.39 is 0 Å². The molecule has 0 radical (unpaired) electrons. The van der Waals surface area contributed by atoms with E-state index in [1.165, 1.54) is 205 Å². The van der Waals surface area contributed by atoms with E-state index in [1.54, 1.807) is 0 Å². The Morgan fingerprint density at radius 3 is 0.841 bits per heavy atom.